The van der Waals surface area contributed by atoms with Crippen molar-refractivity contribution < 1.29 is 31.8 Å². The molecule has 10 heteroatoms. The van der Waals surface area contributed by atoms with Gasteiger partial charge >= 0.3 is 5.97 Å². The fourth-order valence-corrected chi connectivity index (χ4v) is 4.52. The Labute approximate surface area is 181 Å². The van der Waals surface area contributed by atoms with Gasteiger partial charge in [0.05, 0.1) is 22.0 Å². The van der Waals surface area contributed by atoms with Crippen LogP contribution in [0.25, 0.3) is 11.1 Å². The van der Waals surface area contributed by atoms with Crippen molar-refractivity contribution in [2.75, 3.05) is 10.1 Å². The summed E-state index contributed by atoms with van der Waals surface area (Å²) in [5, 5.41) is 19.0. The zero-order valence-corrected chi connectivity index (χ0v) is 18.0. The molecular weight excluding hydrogens is 442 g/mol. The topological polar surface area (TPSA) is 129 Å². The number of hydrogen-bond donors (Lipinski definition) is 3. The number of benzene rings is 3. The molecule has 0 amide bonds. The van der Waals surface area contributed by atoms with Gasteiger partial charge in [-0.3, -0.25) is 0 Å². The molecule has 0 aromatic heterocycles. The second-order valence-corrected chi connectivity index (χ2v) is 9.69. The molecule has 0 aliphatic rings. The highest BCUT2D eigenvalue weighted by Gasteiger charge is 2.17. The molecule has 8 nitrogen and oxygen atoms in total. The second kappa shape index (κ2) is 8.78. The molecule has 31 heavy (non-hydrogen) atoms. The van der Waals surface area contributed by atoms with E-state index in [4.69, 9.17) is 5.11 Å². The van der Waals surface area contributed by atoms with E-state index < -0.39 is 32.4 Å². The first kappa shape index (κ1) is 22.3. The number of hydrogen-bond acceptors (Lipinski definition) is 6. The minimum absolute atomic E-state index is 0.0130. The van der Waals surface area contributed by atoms with Gasteiger partial charge in [-0.05, 0) is 47.5 Å². The van der Waals surface area contributed by atoms with Crippen molar-refractivity contribution >= 4 is 38.1 Å². The van der Waals surface area contributed by atoms with Crippen LogP contribution in [0.3, 0.4) is 0 Å². The summed E-state index contributed by atoms with van der Waals surface area (Å²) >= 11 is 0. The first-order valence-electron chi connectivity index (χ1n) is 9.08. The van der Waals surface area contributed by atoms with Crippen molar-refractivity contribution in [2.45, 2.75) is 11.8 Å². The van der Waals surface area contributed by atoms with Gasteiger partial charge in [-0.15, -0.1) is 0 Å². The molecule has 0 fully saturated rings. The van der Waals surface area contributed by atoms with Gasteiger partial charge in [0.2, 0.25) is 10.9 Å². The van der Waals surface area contributed by atoms with Crippen LogP contribution in [-0.4, -0.2) is 38.8 Å². The van der Waals surface area contributed by atoms with Crippen LogP contribution in [0, 0.1) is 0 Å². The Balaban J connectivity index is 2.02. The van der Waals surface area contributed by atoms with Gasteiger partial charge in [-0.2, -0.15) is 0 Å². The smallest absolute Gasteiger partial charge is 0.339 e. The summed E-state index contributed by atoms with van der Waals surface area (Å²) in [5.41, 5.74) is 1.32. The highest BCUT2D eigenvalue weighted by atomic mass is 32.2. The molecule has 0 bridgehead atoms. The minimum Gasteiger partial charge on any atom is -0.507 e. The number of carboxylic acids is 1. The molecule has 0 atom stereocenters. The standard InChI is InChI=1S/C21H19NO7S2/c1-2-31(28,29)18-9-6-14(7-10-18)15-4-3-5-16(12-15)22(30(26)27)17-8-11-19(21(24)25)20(23)13-17/h3-13,23,30H,2H2,1H3,(H,24,25). The highest BCUT2D eigenvalue weighted by Crippen LogP contribution is 2.33. The molecule has 0 saturated carbocycles. The van der Waals surface area contributed by atoms with Crippen LogP contribution >= 0.6 is 0 Å². The van der Waals surface area contributed by atoms with Crippen LogP contribution < -0.4 is 4.31 Å². The van der Waals surface area contributed by atoms with E-state index in [-0.39, 0.29) is 27.6 Å². The Morgan fingerprint density at radius 2 is 1.58 bits per heavy atom. The fourth-order valence-electron chi connectivity index (χ4n) is 3.01. The van der Waals surface area contributed by atoms with E-state index in [9.17, 15) is 26.7 Å². The Morgan fingerprint density at radius 1 is 0.935 bits per heavy atom. The molecule has 162 valence electrons. The zero-order chi connectivity index (χ0) is 22.8. The van der Waals surface area contributed by atoms with E-state index in [0.29, 0.717) is 11.1 Å². The zero-order valence-electron chi connectivity index (χ0n) is 16.3. The Hall–Kier alpha value is -3.37. The van der Waals surface area contributed by atoms with E-state index in [1.165, 1.54) is 18.2 Å². The molecule has 0 aliphatic heterocycles. The van der Waals surface area contributed by atoms with E-state index >= 15 is 0 Å². The number of phenols is 1. The third-order valence-electron chi connectivity index (χ3n) is 4.64. The number of sulfone groups is 1. The average Bonchev–Trinajstić information content (AvgIpc) is 2.74. The number of nitrogens with zero attached hydrogens (tertiary/aromatic N) is 1. The molecule has 0 heterocycles. The molecule has 2 N–H and O–H groups in total. The summed E-state index contributed by atoms with van der Waals surface area (Å²) in [5.74, 6) is -1.91. The predicted octanol–water partition coefficient (Wildman–Crippen LogP) is 3.22. The maximum atomic E-state index is 12.0. The summed E-state index contributed by atoms with van der Waals surface area (Å²) in [4.78, 5) is 11.3. The Morgan fingerprint density at radius 3 is 2.13 bits per heavy atom. The molecule has 0 unspecified atom stereocenters. The van der Waals surface area contributed by atoms with Crippen LogP contribution in [0.5, 0.6) is 5.75 Å². The van der Waals surface area contributed by atoms with E-state index in [1.807, 2.05) is 0 Å². The lowest BCUT2D eigenvalue weighted by Gasteiger charge is -2.19. The summed E-state index contributed by atoms with van der Waals surface area (Å²) < 4.78 is 48.8. The summed E-state index contributed by atoms with van der Waals surface area (Å²) in [7, 11) is -6.50. The highest BCUT2D eigenvalue weighted by molar-refractivity contribution is 7.91. The van der Waals surface area contributed by atoms with Crippen LogP contribution in [0.4, 0.5) is 11.4 Å². The lowest BCUT2D eigenvalue weighted by molar-refractivity contribution is 0.0693. The molecule has 3 rings (SSSR count). The number of aromatic carboxylic acids is 1. The molecule has 0 aliphatic carbocycles. The third kappa shape index (κ3) is 4.70. The first-order valence-corrected chi connectivity index (χ1v) is 11.9. The predicted molar refractivity (Wildman–Crippen MR) is 117 cm³/mol. The number of carboxylic acid groups (broad SMARTS) is 1. The second-order valence-electron chi connectivity index (χ2n) is 6.53. The first-order chi connectivity index (χ1) is 14.6. The van der Waals surface area contributed by atoms with Gasteiger partial charge in [0.25, 0.3) is 0 Å². The van der Waals surface area contributed by atoms with E-state index in [0.717, 1.165) is 16.4 Å². The number of rotatable bonds is 7. The molecule has 3 aromatic carbocycles. The van der Waals surface area contributed by atoms with Crippen molar-refractivity contribution in [3.63, 3.8) is 0 Å². The van der Waals surface area contributed by atoms with Crippen molar-refractivity contribution in [2.24, 2.45) is 0 Å². The number of carbonyl (C=O) groups is 1. The lowest BCUT2D eigenvalue weighted by atomic mass is 10.1. The van der Waals surface area contributed by atoms with Crippen LogP contribution in [0.1, 0.15) is 17.3 Å². The third-order valence-corrected chi connectivity index (χ3v) is 7.18. The van der Waals surface area contributed by atoms with Crippen molar-refractivity contribution in [3.8, 4) is 16.9 Å². The van der Waals surface area contributed by atoms with Crippen molar-refractivity contribution in [3.05, 3.63) is 72.3 Å². The molecule has 0 radical (unpaired) electrons. The van der Waals surface area contributed by atoms with E-state index in [1.54, 1.807) is 43.3 Å². The Bertz CT molecular complexity index is 1310. The maximum Gasteiger partial charge on any atom is 0.339 e. The van der Waals surface area contributed by atoms with Crippen molar-refractivity contribution in [1.29, 1.82) is 0 Å². The monoisotopic (exact) mass is 461 g/mol. The van der Waals surface area contributed by atoms with E-state index in [2.05, 4.69) is 0 Å². The van der Waals surface area contributed by atoms with Gasteiger partial charge in [0.1, 0.15) is 11.3 Å². The number of thiol groups is 1. The van der Waals surface area contributed by atoms with Gasteiger partial charge in [-0.25, -0.2) is 25.9 Å². The van der Waals surface area contributed by atoms with Gasteiger partial charge in [-0.1, -0.05) is 31.2 Å². The Kier molecular flexibility index (Phi) is 6.32. The number of anilines is 2. The maximum absolute atomic E-state index is 12.0. The minimum atomic E-state index is -3.33. The summed E-state index contributed by atoms with van der Waals surface area (Å²) in [6, 6.07) is 16.3. The molecular formula is C21H19NO7S2. The molecule has 3 aromatic rings. The summed E-state index contributed by atoms with van der Waals surface area (Å²) in [6.45, 7) is 1.56. The van der Waals surface area contributed by atoms with Crippen LogP contribution in [0.15, 0.2) is 71.6 Å². The summed E-state index contributed by atoms with van der Waals surface area (Å²) in [6.07, 6.45) is 0. The average molecular weight is 462 g/mol. The fraction of sp³-hybridized carbons (Fsp3) is 0.0952. The molecule has 0 spiro atoms. The quantitative estimate of drug-likeness (QED) is 0.461. The van der Waals surface area contributed by atoms with Gasteiger partial charge < -0.3 is 10.2 Å². The number of aromatic hydroxyl groups is 1. The SMILES string of the molecule is CCS(=O)(=O)c1ccc(-c2cccc(N(c3ccc(C(=O)O)c(O)c3)[SH](=O)=O)c2)cc1. The van der Waals surface area contributed by atoms with Crippen molar-refractivity contribution in [1.82, 2.24) is 0 Å². The normalized spacial score (nSPS) is 11.4. The lowest BCUT2D eigenvalue weighted by Crippen LogP contribution is -2.14. The largest absolute Gasteiger partial charge is 0.507 e. The van der Waals surface area contributed by atoms with Crippen LogP contribution in [0.2, 0.25) is 0 Å². The molecule has 0 saturated heterocycles. The van der Waals surface area contributed by atoms with Gasteiger partial charge in [0.15, 0.2) is 9.84 Å². The van der Waals surface area contributed by atoms with Crippen LogP contribution in [-0.2, 0) is 20.7 Å². The van der Waals surface area contributed by atoms with Gasteiger partial charge in [0, 0.05) is 6.07 Å².